The molecule has 0 saturated carbocycles. The highest BCUT2D eigenvalue weighted by atomic mass is 19.1. The second kappa shape index (κ2) is 7.77. The van der Waals surface area contributed by atoms with Gasteiger partial charge in [-0.3, -0.25) is 4.79 Å². The quantitative estimate of drug-likeness (QED) is 0.491. The summed E-state index contributed by atoms with van der Waals surface area (Å²) >= 11 is 0. The van der Waals surface area contributed by atoms with Gasteiger partial charge in [0.25, 0.3) is 5.82 Å². The SMILES string of the molecule is COc1ccccc1C(=O)COC(=O)c1nc(C)n(-c2ccc(F)cc2)n1. The second-order valence-corrected chi connectivity index (χ2v) is 5.57. The first kappa shape index (κ1) is 18.2. The Hall–Kier alpha value is -3.55. The van der Waals surface area contributed by atoms with Crippen molar-refractivity contribution < 1.29 is 23.5 Å². The number of benzene rings is 2. The van der Waals surface area contributed by atoms with Crippen LogP contribution in [0.4, 0.5) is 4.39 Å². The van der Waals surface area contributed by atoms with E-state index >= 15 is 0 Å². The molecule has 0 bridgehead atoms. The fourth-order valence-electron chi connectivity index (χ4n) is 2.45. The first-order valence-electron chi connectivity index (χ1n) is 8.02. The van der Waals surface area contributed by atoms with Crippen molar-refractivity contribution in [3.8, 4) is 11.4 Å². The first-order chi connectivity index (χ1) is 13.0. The van der Waals surface area contributed by atoms with Gasteiger partial charge in [-0.2, -0.15) is 0 Å². The summed E-state index contributed by atoms with van der Waals surface area (Å²) < 4.78 is 24.6. The van der Waals surface area contributed by atoms with E-state index in [0.29, 0.717) is 22.8 Å². The van der Waals surface area contributed by atoms with Crippen LogP contribution in [-0.4, -0.2) is 40.2 Å². The monoisotopic (exact) mass is 369 g/mol. The van der Waals surface area contributed by atoms with Crippen molar-refractivity contribution in [2.45, 2.75) is 6.92 Å². The van der Waals surface area contributed by atoms with E-state index in [1.807, 2.05) is 0 Å². The van der Waals surface area contributed by atoms with Crippen LogP contribution in [0.2, 0.25) is 0 Å². The fraction of sp³-hybridized carbons (Fsp3) is 0.158. The molecule has 0 N–H and O–H groups in total. The number of carbonyl (C=O) groups excluding carboxylic acids is 2. The van der Waals surface area contributed by atoms with Gasteiger partial charge in [-0.1, -0.05) is 12.1 Å². The van der Waals surface area contributed by atoms with Gasteiger partial charge in [-0.25, -0.2) is 18.9 Å². The van der Waals surface area contributed by atoms with Crippen LogP contribution in [0.5, 0.6) is 5.75 Å². The Kier molecular flexibility index (Phi) is 5.25. The lowest BCUT2D eigenvalue weighted by atomic mass is 10.1. The molecule has 8 heteroatoms. The fourth-order valence-corrected chi connectivity index (χ4v) is 2.45. The number of esters is 1. The van der Waals surface area contributed by atoms with Crippen LogP contribution in [0.25, 0.3) is 5.69 Å². The normalized spacial score (nSPS) is 10.5. The molecule has 1 aromatic heterocycles. The number of rotatable bonds is 6. The van der Waals surface area contributed by atoms with E-state index in [1.165, 1.54) is 36.1 Å². The third kappa shape index (κ3) is 4.00. The Bertz CT molecular complexity index is 983. The predicted octanol–water partition coefficient (Wildman–Crippen LogP) is 2.76. The molecule has 0 fully saturated rings. The molecule has 0 unspecified atom stereocenters. The van der Waals surface area contributed by atoms with Crippen molar-refractivity contribution in [1.29, 1.82) is 0 Å². The summed E-state index contributed by atoms with van der Waals surface area (Å²) in [6.07, 6.45) is 0. The number of hydrogen-bond acceptors (Lipinski definition) is 6. The zero-order valence-corrected chi connectivity index (χ0v) is 14.7. The van der Waals surface area contributed by atoms with Gasteiger partial charge in [-0.05, 0) is 43.3 Å². The van der Waals surface area contributed by atoms with Crippen molar-refractivity contribution in [2.24, 2.45) is 0 Å². The Balaban J connectivity index is 1.71. The van der Waals surface area contributed by atoms with Crippen LogP contribution < -0.4 is 4.74 Å². The summed E-state index contributed by atoms with van der Waals surface area (Å²) in [5.41, 5.74) is 0.860. The third-order valence-corrected chi connectivity index (χ3v) is 3.76. The van der Waals surface area contributed by atoms with Gasteiger partial charge in [0.2, 0.25) is 5.78 Å². The van der Waals surface area contributed by atoms with Gasteiger partial charge < -0.3 is 9.47 Å². The lowest BCUT2D eigenvalue weighted by Crippen LogP contribution is -2.16. The average Bonchev–Trinajstić information content (AvgIpc) is 3.08. The maximum Gasteiger partial charge on any atom is 0.378 e. The molecule has 2 aromatic carbocycles. The van der Waals surface area contributed by atoms with Crippen LogP contribution in [-0.2, 0) is 4.74 Å². The molecular weight excluding hydrogens is 353 g/mol. The van der Waals surface area contributed by atoms with E-state index in [4.69, 9.17) is 9.47 Å². The highest BCUT2D eigenvalue weighted by molar-refractivity contribution is 6.01. The maximum atomic E-state index is 13.0. The Morgan fingerprint density at radius 2 is 1.81 bits per heavy atom. The summed E-state index contributed by atoms with van der Waals surface area (Å²) in [5.74, 6) is -0.994. The predicted molar refractivity (Wildman–Crippen MR) is 93.7 cm³/mol. The Morgan fingerprint density at radius 3 is 2.52 bits per heavy atom. The minimum atomic E-state index is -0.831. The second-order valence-electron chi connectivity index (χ2n) is 5.57. The van der Waals surface area contributed by atoms with E-state index < -0.39 is 18.4 Å². The van der Waals surface area contributed by atoms with Gasteiger partial charge in [0, 0.05) is 0 Å². The van der Waals surface area contributed by atoms with Crippen LogP contribution in [0.15, 0.2) is 48.5 Å². The van der Waals surface area contributed by atoms with Crippen LogP contribution in [0, 0.1) is 12.7 Å². The average molecular weight is 369 g/mol. The molecule has 3 rings (SSSR count). The van der Waals surface area contributed by atoms with Crippen molar-refractivity contribution in [3.63, 3.8) is 0 Å². The summed E-state index contributed by atoms with van der Waals surface area (Å²) in [5, 5.41) is 4.07. The number of ketones is 1. The lowest BCUT2D eigenvalue weighted by Gasteiger charge is -2.07. The number of ether oxygens (including phenoxy) is 2. The smallest absolute Gasteiger partial charge is 0.378 e. The van der Waals surface area contributed by atoms with Gasteiger partial charge in [0.15, 0.2) is 6.61 Å². The Labute approximate surface area is 154 Å². The van der Waals surface area contributed by atoms with Crippen molar-refractivity contribution in [2.75, 3.05) is 13.7 Å². The lowest BCUT2D eigenvalue weighted by molar-refractivity contribution is 0.0462. The molecule has 0 spiro atoms. The number of aromatic nitrogens is 3. The minimum absolute atomic E-state index is 0.190. The Morgan fingerprint density at radius 1 is 1.11 bits per heavy atom. The highest BCUT2D eigenvalue weighted by Gasteiger charge is 2.19. The van der Waals surface area contributed by atoms with Crippen molar-refractivity contribution >= 4 is 11.8 Å². The molecule has 7 nitrogen and oxygen atoms in total. The molecule has 1 heterocycles. The molecule has 0 aliphatic carbocycles. The first-order valence-corrected chi connectivity index (χ1v) is 8.02. The minimum Gasteiger partial charge on any atom is -0.496 e. The number of carbonyl (C=O) groups is 2. The van der Waals surface area contributed by atoms with Crippen LogP contribution in [0.1, 0.15) is 26.8 Å². The van der Waals surface area contributed by atoms with E-state index in [2.05, 4.69) is 10.1 Å². The number of nitrogens with zero attached hydrogens (tertiary/aromatic N) is 3. The van der Waals surface area contributed by atoms with E-state index in [-0.39, 0.29) is 11.6 Å². The number of aryl methyl sites for hydroxylation is 1. The molecule has 3 aromatic rings. The number of halogens is 1. The summed E-state index contributed by atoms with van der Waals surface area (Å²) in [6, 6.07) is 12.2. The summed E-state index contributed by atoms with van der Waals surface area (Å²) in [4.78, 5) is 28.5. The van der Waals surface area contributed by atoms with E-state index in [9.17, 15) is 14.0 Å². The molecule has 138 valence electrons. The zero-order chi connectivity index (χ0) is 19.4. The van der Waals surface area contributed by atoms with Gasteiger partial charge >= 0.3 is 5.97 Å². The van der Waals surface area contributed by atoms with Crippen molar-refractivity contribution in [3.05, 3.63) is 71.6 Å². The van der Waals surface area contributed by atoms with Crippen LogP contribution >= 0.6 is 0 Å². The number of methoxy groups -OCH3 is 1. The largest absolute Gasteiger partial charge is 0.496 e. The zero-order valence-electron chi connectivity index (χ0n) is 14.7. The van der Waals surface area contributed by atoms with Gasteiger partial charge in [0.1, 0.15) is 17.4 Å². The molecule has 0 atom stereocenters. The summed E-state index contributed by atoms with van der Waals surface area (Å²) in [6.45, 7) is 1.18. The highest BCUT2D eigenvalue weighted by Crippen LogP contribution is 2.18. The molecule has 0 aliphatic rings. The molecule has 0 aliphatic heterocycles. The number of para-hydroxylation sites is 1. The van der Waals surface area contributed by atoms with Crippen LogP contribution in [0.3, 0.4) is 0 Å². The maximum absolute atomic E-state index is 13.0. The van der Waals surface area contributed by atoms with Gasteiger partial charge in [-0.15, -0.1) is 5.10 Å². The van der Waals surface area contributed by atoms with E-state index in [0.717, 1.165) is 0 Å². The molecule has 0 saturated heterocycles. The summed E-state index contributed by atoms with van der Waals surface area (Å²) in [7, 11) is 1.45. The van der Waals surface area contributed by atoms with E-state index in [1.54, 1.807) is 31.2 Å². The molecular formula is C19H16FN3O4. The molecule has 0 radical (unpaired) electrons. The third-order valence-electron chi connectivity index (χ3n) is 3.76. The standard InChI is InChI=1S/C19H16FN3O4/c1-12-21-18(22-23(12)14-9-7-13(20)8-10-14)19(25)27-11-16(24)15-5-3-4-6-17(15)26-2/h3-10H,11H2,1-2H3. The van der Waals surface area contributed by atoms with Gasteiger partial charge in [0.05, 0.1) is 18.4 Å². The van der Waals surface area contributed by atoms with Crippen molar-refractivity contribution in [1.82, 2.24) is 14.8 Å². The molecule has 27 heavy (non-hydrogen) atoms. The topological polar surface area (TPSA) is 83.3 Å². The number of hydrogen-bond donors (Lipinski definition) is 0. The number of Topliss-reactive ketones (excluding diaryl/α,β-unsaturated/α-hetero) is 1. The molecule has 0 amide bonds.